The molecular formula is C25H21BrClN3O. The Hall–Kier alpha value is -2.89. The highest BCUT2D eigenvalue weighted by molar-refractivity contribution is 9.10. The molecule has 0 spiro atoms. The lowest BCUT2D eigenvalue weighted by molar-refractivity contribution is -0.117. The molecule has 0 aliphatic carbocycles. The van der Waals surface area contributed by atoms with Gasteiger partial charge in [0.25, 0.3) is 0 Å². The minimum Gasteiger partial charge on any atom is -0.310 e. The van der Waals surface area contributed by atoms with Crippen LogP contribution in [-0.2, 0) is 4.79 Å². The van der Waals surface area contributed by atoms with Crippen molar-refractivity contribution in [1.29, 1.82) is 0 Å². The highest BCUT2D eigenvalue weighted by atomic mass is 79.9. The number of hydrogen-bond acceptors (Lipinski definition) is 2. The second-order valence-electron chi connectivity index (χ2n) is 7.17. The first-order chi connectivity index (χ1) is 15.0. The summed E-state index contributed by atoms with van der Waals surface area (Å²) < 4.78 is 2.73. The Labute approximate surface area is 195 Å². The minimum atomic E-state index is -0.242. The summed E-state index contributed by atoms with van der Waals surface area (Å²) in [7, 11) is 0. The molecule has 3 aromatic carbocycles. The maximum Gasteiger partial charge on any atom is 0.233 e. The lowest BCUT2D eigenvalue weighted by atomic mass is 9.96. The van der Waals surface area contributed by atoms with E-state index in [9.17, 15) is 4.79 Å². The van der Waals surface area contributed by atoms with Crippen molar-refractivity contribution in [3.63, 3.8) is 0 Å². The standard InChI is InChI=1S/C25H21BrClN3O/c1-2-22(17-6-4-3-5-7-17)25(31)28-24-16-23(18-8-12-20(27)13-9-18)29-30(24)21-14-10-19(26)11-15-21/h3-16,22H,2H2,1H3,(H,28,31)/t22-/m0/s1. The molecule has 1 heterocycles. The molecule has 156 valence electrons. The third kappa shape index (κ3) is 4.89. The third-order valence-corrected chi connectivity index (χ3v) is 5.88. The van der Waals surface area contributed by atoms with E-state index >= 15 is 0 Å². The molecule has 4 nitrogen and oxygen atoms in total. The number of nitrogens with one attached hydrogen (secondary N) is 1. The molecule has 0 unspecified atom stereocenters. The zero-order valence-corrected chi connectivity index (χ0v) is 19.3. The molecule has 4 rings (SSSR count). The van der Waals surface area contributed by atoms with Crippen LogP contribution in [0.3, 0.4) is 0 Å². The number of nitrogens with zero attached hydrogens (tertiary/aromatic N) is 2. The van der Waals surface area contributed by atoms with Gasteiger partial charge in [0.2, 0.25) is 5.91 Å². The van der Waals surface area contributed by atoms with Crippen LogP contribution in [0.25, 0.3) is 16.9 Å². The van der Waals surface area contributed by atoms with Crippen molar-refractivity contribution < 1.29 is 4.79 Å². The van der Waals surface area contributed by atoms with Crippen molar-refractivity contribution >= 4 is 39.3 Å². The Balaban J connectivity index is 1.71. The number of carbonyl (C=O) groups is 1. The van der Waals surface area contributed by atoms with Crippen LogP contribution in [0, 0.1) is 0 Å². The molecule has 0 aliphatic rings. The van der Waals surface area contributed by atoms with Gasteiger partial charge in [-0.1, -0.05) is 76.9 Å². The van der Waals surface area contributed by atoms with E-state index in [0.29, 0.717) is 17.3 Å². The van der Waals surface area contributed by atoms with Crippen molar-refractivity contribution in [3.05, 3.63) is 100.0 Å². The van der Waals surface area contributed by atoms with Crippen LogP contribution in [-0.4, -0.2) is 15.7 Å². The van der Waals surface area contributed by atoms with Gasteiger partial charge < -0.3 is 5.32 Å². The fourth-order valence-corrected chi connectivity index (χ4v) is 3.87. The van der Waals surface area contributed by atoms with Gasteiger partial charge in [0.15, 0.2) is 0 Å². The third-order valence-electron chi connectivity index (χ3n) is 5.10. The molecular weight excluding hydrogens is 474 g/mol. The highest BCUT2D eigenvalue weighted by Gasteiger charge is 2.21. The smallest absolute Gasteiger partial charge is 0.233 e. The van der Waals surface area contributed by atoms with Gasteiger partial charge in [-0.25, -0.2) is 4.68 Å². The van der Waals surface area contributed by atoms with Gasteiger partial charge in [-0.2, -0.15) is 5.10 Å². The number of anilines is 1. The monoisotopic (exact) mass is 493 g/mol. The van der Waals surface area contributed by atoms with Crippen LogP contribution in [0.4, 0.5) is 5.82 Å². The Bertz CT molecular complexity index is 1170. The predicted molar refractivity (Wildman–Crippen MR) is 130 cm³/mol. The van der Waals surface area contributed by atoms with E-state index in [0.717, 1.165) is 27.0 Å². The summed E-state index contributed by atoms with van der Waals surface area (Å²) in [6.07, 6.45) is 0.701. The zero-order chi connectivity index (χ0) is 21.8. The second kappa shape index (κ2) is 9.50. The first-order valence-electron chi connectivity index (χ1n) is 10.0. The van der Waals surface area contributed by atoms with E-state index in [-0.39, 0.29) is 11.8 Å². The van der Waals surface area contributed by atoms with E-state index in [1.807, 2.05) is 91.9 Å². The summed E-state index contributed by atoms with van der Waals surface area (Å²) in [6.45, 7) is 2.02. The number of rotatable bonds is 6. The Morgan fingerprint density at radius 1 is 1.03 bits per heavy atom. The van der Waals surface area contributed by atoms with Gasteiger partial charge >= 0.3 is 0 Å². The first kappa shape index (κ1) is 21.3. The van der Waals surface area contributed by atoms with E-state index < -0.39 is 0 Å². The molecule has 1 N–H and O–H groups in total. The summed E-state index contributed by atoms with van der Waals surface area (Å²) in [6, 6.07) is 27.0. The lowest BCUT2D eigenvalue weighted by Crippen LogP contribution is -2.22. The van der Waals surface area contributed by atoms with E-state index in [1.54, 1.807) is 4.68 Å². The minimum absolute atomic E-state index is 0.0605. The highest BCUT2D eigenvalue weighted by Crippen LogP contribution is 2.28. The van der Waals surface area contributed by atoms with Gasteiger partial charge in [0, 0.05) is 21.1 Å². The normalized spacial score (nSPS) is 11.8. The van der Waals surface area contributed by atoms with Crippen molar-refractivity contribution in [2.45, 2.75) is 19.3 Å². The van der Waals surface area contributed by atoms with Crippen LogP contribution in [0.15, 0.2) is 89.4 Å². The molecule has 31 heavy (non-hydrogen) atoms. The van der Waals surface area contributed by atoms with Gasteiger partial charge in [0.05, 0.1) is 17.3 Å². The average Bonchev–Trinajstić information content (AvgIpc) is 3.19. The van der Waals surface area contributed by atoms with Gasteiger partial charge in [-0.3, -0.25) is 4.79 Å². The first-order valence-corrected chi connectivity index (χ1v) is 11.2. The Kier molecular flexibility index (Phi) is 6.54. The molecule has 0 saturated carbocycles. The number of benzene rings is 3. The lowest BCUT2D eigenvalue weighted by Gasteiger charge is -2.16. The Morgan fingerprint density at radius 2 is 1.71 bits per heavy atom. The Morgan fingerprint density at radius 3 is 2.35 bits per heavy atom. The summed E-state index contributed by atoms with van der Waals surface area (Å²) in [5.74, 6) is 0.315. The number of carbonyl (C=O) groups excluding carboxylic acids is 1. The van der Waals surface area contributed by atoms with Crippen molar-refractivity contribution in [2.24, 2.45) is 0 Å². The second-order valence-corrected chi connectivity index (χ2v) is 8.52. The zero-order valence-electron chi connectivity index (χ0n) is 16.9. The molecule has 1 atom stereocenters. The molecule has 0 aliphatic heterocycles. The maximum atomic E-state index is 13.2. The molecule has 1 aromatic heterocycles. The average molecular weight is 495 g/mol. The fourth-order valence-electron chi connectivity index (χ4n) is 3.48. The summed E-state index contributed by atoms with van der Waals surface area (Å²) in [4.78, 5) is 13.2. The SMILES string of the molecule is CC[C@H](C(=O)Nc1cc(-c2ccc(Cl)cc2)nn1-c1ccc(Br)cc1)c1ccccc1. The van der Waals surface area contributed by atoms with E-state index in [2.05, 4.69) is 21.2 Å². The molecule has 0 fully saturated rings. The van der Waals surface area contributed by atoms with Crippen LogP contribution >= 0.6 is 27.5 Å². The molecule has 0 radical (unpaired) electrons. The molecule has 0 bridgehead atoms. The number of aromatic nitrogens is 2. The van der Waals surface area contributed by atoms with Gasteiger partial charge in [0.1, 0.15) is 5.82 Å². The summed E-state index contributed by atoms with van der Waals surface area (Å²) >= 11 is 9.50. The number of halogens is 2. The van der Waals surface area contributed by atoms with Gasteiger partial charge in [-0.05, 0) is 48.4 Å². The molecule has 6 heteroatoms. The number of hydrogen-bond donors (Lipinski definition) is 1. The van der Waals surface area contributed by atoms with Crippen molar-refractivity contribution in [1.82, 2.24) is 9.78 Å². The van der Waals surface area contributed by atoms with Crippen LogP contribution < -0.4 is 5.32 Å². The van der Waals surface area contributed by atoms with E-state index in [4.69, 9.17) is 16.7 Å². The molecule has 4 aromatic rings. The van der Waals surface area contributed by atoms with E-state index in [1.165, 1.54) is 0 Å². The van der Waals surface area contributed by atoms with Crippen molar-refractivity contribution in [3.8, 4) is 16.9 Å². The quantitative estimate of drug-likeness (QED) is 0.311. The fraction of sp³-hybridized carbons (Fsp3) is 0.120. The molecule has 0 saturated heterocycles. The number of amides is 1. The largest absolute Gasteiger partial charge is 0.310 e. The van der Waals surface area contributed by atoms with Crippen LogP contribution in [0.1, 0.15) is 24.8 Å². The summed E-state index contributed by atoms with van der Waals surface area (Å²) in [5, 5.41) is 8.53. The predicted octanol–water partition coefficient (Wildman–Crippen LogP) is 7.09. The van der Waals surface area contributed by atoms with Gasteiger partial charge in [-0.15, -0.1) is 0 Å². The van der Waals surface area contributed by atoms with Crippen LogP contribution in [0.2, 0.25) is 5.02 Å². The molecule has 1 amide bonds. The van der Waals surface area contributed by atoms with Crippen molar-refractivity contribution in [2.75, 3.05) is 5.32 Å². The van der Waals surface area contributed by atoms with Crippen LogP contribution in [0.5, 0.6) is 0 Å². The topological polar surface area (TPSA) is 46.9 Å². The summed E-state index contributed by atoms with van der Waals surface area (Å²) in [5.41, 5.74) is 3.52. The maximum absolute atomic E-state index is 13.2.